The Morgan fingerprint density at radius 2 is 1.93 bits per heavy atom. The van der Waals surface area contributed by atoms with Crippen LogP contribution in [-0.2, 0) is 11.3 Å². The topological polar surface area (TPSA) is 91.3 Å². The van der Waals surface area contributed by atoms with Gasteiger partial charge in [0.1, 0.15) is 12.4 Å². The SMILES string of the molecule is O=C(NO)c1ccc2c(c1)OCC(c1cccc(Cl)c1)N(C(=O)N1CCOCC1)C2. The van der Waals surface area contributed by atoms with Crippen LogP contribution in [0.25, 0.3) is 0 Å². The van der Waals surface area contributed by atoms with E-state index in [2.05, 4.69) is 0 Å². The molecule has 0 radical (unpaired) electrons. The van der Waals surface area contributed by atoms with Gasteiger partial charge in [0.15, 0.2) is 0 Å². The van der Waals surface area contributed by atoms with Gasteiger partial charge in [-0.25, -0.2) is 10.3 Å². The summed E-state index contributed by atoms with van der Waals surface area (Å²) in [5.74, 6) is -0.126. The molecule has 0 aliphatic carbocycles. The number of urea groups is 1. The van der Waals surface area contributed by atoms with Gasteiger partial charge in [-0.1, -0.05) is 29.8 Å². The first-order valence-corrected chi connectivity index (χ1v) is 10.0. The smallest absolute Gasteiger partial charge is 0.321 e. The number of carbonyl (C=O) groups is 2. The number of hydroxylamine groups is 1. The van der Waals surface area contributed by atoms with E-state index in [0.29, 0.717) is 43.6 Å². The lowest BCUT2D eigenvalue weighted by atomic mass is 10.1. The molecule has 3 amide bonds. The van der Waals surface area contributed by atoms with Crippen LogP contribution in [-0.4, -0.2) is 59.9 Å². The molecule has 2 aromatic carbocycles. The zero-order valence-corrected chi connectivity index (χ0v) is 17.0. The van der Waals surface area contributed by atoms with Crippen molar-refractivity contribution in [3.05, 3.63) is 64.2 Å². The summed E-state index contributed by atoms with van der Waals surface area (Å²) >= 11 is 6.20. The third-order valence-corrected chi connectivity index (χ3v) is 5.54. The minimum atomic E-state index is -0.627. The van der Waals surface area contributed by atoms with Gasteiger partial charge in [-0.15, -0.1) is 0 Å². The lowest BCUT2D eigenvalue weighted by Gasteiger charge is -2.36. The molecule has 1 atom stereocenters. The Kier molecular flexibility index (Phi) is 6.08. The maximum absolute atomic E-state index is 13.4. The first kappa shape index (κ1) is 20.5. The third-order valence-electron chi connectivity index (χ3n) is 5.31. The summed E-state index contributed by atoms with van der Waals surface area (Å²) in [6.07, 6.45) is 0. The molecule has 158 valence electrons. The summed E-state index contributed by atoms with van der Waals surface area (Å²) in [5, 5.41) is 9.48. The summed E-state index contributed by atoms with van der Waals surface area (Å²) in [6, 6.07) is 11.8. The second kappa shape index (κ2) is 8.91. The van der Waals surface area contributed by atoms with Crippen molar-refractivity contribution in [1.29, 1.82) is 0 Å². The molecular formula is C21H22ClN3O5. The highest BCUT2D eigenvalue weighted by atomic mass is 35.5. The molecule has 2 N–H and O–H groups in total. The number of hydrogen-bond acceptors (Lipinski definition) is 5. The van der Waals surface area contributed by atoms with E-state index < -0.39 is 5.91 Å². The fourth-order valence-electron chi connectivity index (χ4n) is 3.70. The number of rotatable bonds is 2. The Morgan fingerprint density at radius 3 is 2.67 bits per heavy atom. The quantitative estimate of drug-likeness (QED) is 0.563. The van der Waals surface area contributed by atoms with Crippen LogP contribution in [0, 0.1) is 0 Å². The molecule has 0 bridgehead atoms. The second-order valence-electron chi connectivity index (χ2n) is 7.16. The molecular weight excluding hydrogens is 410 g/mol. The molecule has 2 aliphatic rings. The van der Waals surface area contributed by atoms with E-state index in [1.165, 1.54) is 0 Å². The van der Waals surface area contributed by atoms with Gasteiger partial charge < -0.3 is 19.3 Å². The van der Waals surface area contributed by atoms with E-state index in [-0.39, 0.29) is 24.2 Å². The van der Waals surface area contributed by atoms with E-state index >= 15 is 0 Å². The zero-order valence-electron chi connectivity index (χ0n) is 16.2. The van der Waals surface area contributed by atoms with Crippen LogP contribution < -0.4 is 10.2 Å². The molecule has 1 fully saturated rings. The van der Waals surface area contributed by atoms with Crippen LogP contribution in [0.15, 0.2) is 42.5 Å². The van der Waals surface area contributed by atoms with Gasteiger partial charge in [-0.3, -0.25) is 10.0 Å². The number of carbonyl (C=O) groups excluding carboxylic acids is 2. The second-order valence-corrected chi connectivity index (χ2v) is 7.59. The highest BCUT2D eigenvalue weighted by molar-refractivity contribution is 6.30. The largest absolute Gasteiger partial charge is 0.491 e. The van der Waals surface area contributed by atoms with Crippen LogP contribution >= 0.6 is 11.6 Å². The molecule has 1 unspecified atom stereocenters. The molecule has 30 heavy (non-hydrogen) atoms. The van der Waals surface area contributed by atoms with Gasteiger partial charge in [0, 0.05) is 29.2 Å². The third kappa shape index (κ3) is 4.21. The van der Waals surface area contributed by atoms with Gasteiger partial charge >= 0.3 is 6.03 Å². The molecule has 0 saturated carbocycles. The predicted octanol–water partition coefficient (Wildman–Crippen LogP) is 2.85. The van der Waals surface area contributed by atoms with Gasteiger partial charge in [-0.05, 0) is 29.8 Å². The summed E-state index contributed by atoms with van der Waals surface area (Å²) in [5.41, 5.74) is 3.53. The van der Waals surface area contributed by atoms with Crippen molar-refractivity contribution in [3.63, 3.8) is 0 Å². The normalized spacial score (nSPS) is 18.8. The number of amides is 3. The van der Waals surface area contributed by atoms with Crippen molar-refractivity contribution in [3.8, 4) is 5.75 Å². The van der Waals surface area contributed by atoms with Gasteiger partial charge in [0.05, 0.1) is 25.8 Å². The Morgan fingerprint density at radius 1 is 1.13 bits per heavy atom. The van der Waals surface area contributed by atoms with Crippen molar-refractivity contribution in [1.82, 2.24) is 15.3 Å². The first-order valence-electron chi connectivity index (χ1n) is 9.65. The average Bonchev–Trinajstić information content (AvgIpc) is 2.98. The molecule has 1 saturated heterocycles. The predicted molar refractivity (Wildman–Crippen MR) is 109 cm³/mol. The molecule has 8 nitrogen and oxygen atoms in total. The van der Waals surface area contributed by atoms with E-state index in [9.17, 15) is 9.59 Å². The fourth-order valence-corrected chi connectivity index (χ4v) is 3.90. The lowest BCUT2D eigenvalue weighted by Crippen LogP contribution is -2.49. The molecule has 2 heterocycles. The van der Waals surface area contributed by atoms with Gasteiger partial charge in [0.2, 0.25) is 0 Å². The highest BCUT2D eigenvalue weighted by Gasteiger charge is 2.33. The molecule has 2 aromatic rings. The summed E-state index contributed by atoms with van der Waals surface area (Å²) in [4.78, 5) is 28.7. The van der Waals surface area contributed by atoms with Gasteiger partial charge in [-0.2, -0.15) is 0 Å². The van der Waals surface area contributed by atoms with Crippen molar-refractivity contribution in [2.75, 3.05) is 32.9 Å². The standard InChI is InChI=1S/C21H22ClN3O5/c22-17-3-1-2-14(10-17)18-13-30-19-11-15(20(26)23-28)4-5-16(19)12-25(18)21(27)24-6-8-29-9-7-24/h1-5,10-11,18,28H,6-9,12-13H2,(H,23,26). The van der Waals surface area contributed by atoms with Crippen LogP contribution in [0.1, 0.15) is 27.5 Å². The van der Waals surface area contributed by atoms with Crippen molar-refractivity contribution in [2.45, 2.75) is 12.6 Å². The molecule has 4 rings (SSSR count). The molecule has 0 aromatic heterocycles. The van der Waals surface area contributed by atoms with E-state index in [0.717, 1.165) is 11.1 Å². The number of benzene rings is 2. The number of halogens is 1. The first-order chi connectivity index (χ1) is 14.6. The summed E-state index contributed by atoms with van der Waals surface area (Å²) < 4.78 is 11.4. The van der Waals surface area contributed by atoms with Crippen molar-refractivity contribution < 1.29 is 24.3 Å². The van der Waals surface area contributed by atoms with Crippen LogP contribution in [0.2, 0.25) is 5.02 Å². The van der Waals surface area contributed by atoms with Gasteiger partial charge in [0.25, 0.3) is 5.91 Å². The molecule has 0 spiro atoms. The van der Waals surface area contributed by atoms with Crippen molar-refractivity contribution in [2.24, 2.45) is 0 Å². The Labute approximate surface area is 178 Å². The maximum Gasteiger partial charge on any atom is 0.321 e. The average molecular weight is 432 g/mol. The number of hydrogen-bond donors (Lipinski definition) is 2. The number of nitrogens with one attached hydrogen (secondary N) is 1. The van der Waals surface area contributed by atoms with E-state index in [1.807, 2.05) is 18.2 Å². The van der Waals surface area contributed by atoms with Crippen LogP contribution in [0.3, 0.4) is 0 Å². The summed E-state index contributed by atoms with van der Waals surface area (Å²) in [7, 11) is 0. The van der Waals surface area contributed by atoms with Crippen molar-refractivity contribution >= 4 is 23.5 Å². The number of morpholine rings is 1. The number of fused-ring (bicyclic) bond motifs is 1. The number of ether oxygens (including phenoxy) is 2. The maximum atomic E-state index is 13.4. The molecule has 9 heteroatoms. The minimum Gasteiger partial charge on any atom is -0.491 e. The fraction of sp³-hybridized carbons (Fsp3) is 0.333. The number of nitrogens with zero attached hydrogens (tertiary/aromatic N) is 2. The Hall–Kier alpha value is -2.81. The Balaban J connectivity index is 1.69. The van der Waals surface area contributed by atoms with E-state index in [4.69, 9.17) is 26.3 Å². The summed E-state index contributed by atoms with van der Waals surface area (Å²) in [6.45, 7) is 2.58. The van der Waals surface area contributed by atoms with E-state index in [1.54, 1.807) is 39.5 Å². The highest BCUT2D eigenvalue weighted by Crippen LogP contribution is 2.34. The monoisotopic (exact) mass is 431 g/mol. The minimum absolute atomic E-state index is 0.100. The zero-order chi connectivity index (χ0) is 21.1. The lowest BCUT2D eigenvalue weighted by molar-refractivity contribution is 0.0362. The Bertz CT molecular complexity index is 948. The van der Waals surface area contributed by atoms with Crippen LogP contribution in [0.4, 0.5) is 4.79 Å². The molecule has 2 aliphatic heterocycles. The van der Waals surface area contributed by atoms with Crippen LogP contribution in [0.5, 0.6) is 5.75 Å².